The molecule has 0 bridgehead atoms. The lowest BCUT2D eigenvalue weighted by atomic mass is 10.0. The SMILES string of the molecule is Cc1cc(F)cc(C(=O)C2=NN=C(S(C)(=O)=O)C2)c1O. The van der Waals surface area contributed by atoms with Gasteiger partial charge in [-0.05, 0) is 24.6 Å². The summed E-state index contributed by atoms with van der Waals surface area (Å²) in [6.07, 6.45) is 0.700. The summed E-state index contributed by atoms with van der Waals surface area (Å²) in [6.45, 7) is 1.45. The van der Waals surface area contributed by atoms with Crippen LogP contribution in [-0.2, 0) is 9.84 Å². The van der Waals surface area contributed by atoms with Crippen LogP contribution in [0.4, 0.5) is 4.39 Å². The summed E-state index contributed by atoms with van der Waals surface area (Å²) < 4.78 is 35.9. The van der Waals surface area contributed by atoms with Crippen molar-refractivity contribution in [1.82, 2.24) is 0 Å². The summed E-state index contributed by atoms with van der Waals surface area (Å²) in [7, 11) is -3.53. The Kier molecular flexibility index (Phi) is 3.43. The highest BCUT2D eigenvalue weighted by atomic mass is 32.2. The number of ketones is 1. The van der Waals surface area contributed by atoms with E-state index in [9.17, 15) is 22.7 Å². The number of rotatable bonds is 2. The number of Topliss-reactive ketones (excluding diaryl/α,β-unsaturated/α-hetero) is 1. The maximum absolute atomic E-state index is 13.3. The molecule has 0 unspecified atom stereocenters. The number of hydrogen-bond donors (Lipinski definition) is 1. The zero-order valence-electron chi connectivity index (χ0n) is 10.7. The maximum atomic E-state index is 13.3. The Bertz CT molecular complexity index is 766. The van der Waals surface area contributed by atoms with Crippen LogP contribution in [-0.4, -0.2) is 36.3 Å². The average molecular weight is 298 g/mol. The van der Waals surface area contributed by atoms with Gasteiger partial charge in [-0.3, -0.25) is 4.79 Å². The molecule has 0 saturated carbocycles. The van der Waals surface area contributed by atoms with Crippen LogP contribution in [0.2, 0.25) is 0 Å². The summed E-state index contributed by atoms with van der Waals surface area (Å²) in [6, 6.07) is 1.96. The summed E-state index contributed by atoms with van der Waals surface area (Å²) in [4.78, 5) is 12.1. The number of sulfone groups is 1. The largest absolute Gasteiger partial charge is 0.507 e. The van der Waals surface area contributed by atoms with Gasteiger partial charge in [-0.15, -0.1) is 5.10 Å². The predicted octanol–water partition coefficient (Wildman–Crippen LogP) is 1.23. The van der Waals surface area contributed by atoms with Gasteiger partial charge < -0.3 is 5.11 Å². The van der Waals surface area contributed by atoms with E-state index in [1.165, 1.54) is 6.92 Å². The summed E-state index contributed by atoms with van der Waals surface area (Å²) in [5.41, 5.74) is -0.201. The van der Waals surface area contributed by atoms with Crippen molar-refractivity contribution < 1.29 is 22.7 Å². The highest BCUT2D eigenvalue weighted by Crippen LogP contribution is 2.25. The average Bonchev–Trinajstić information content (AvgIpc) is 2.82. The Morgan fingerprint density at radius 3 is 2.55 bits per heavy atom. The van der Waals surface area contributed by atoms with E-state index < -0.39 is 21.4 Å². The third-order valence-electron chi connectivity index (χ3n) is 2.80. The third-order valence-corrected chi connectivity index (χ3v) is 3.88. The van der Waals surface area contributed by atoms with Crippen LogP contribution in [0.1, 0.15) is 22.3 Å². The molecule has 0 atom stereocenters. The quantitative estimate of drug-likeness (QED) is 0.830. The standard InChI is InChI=1S/C12H11FN2O4S/c1-6-3-7(13)4-8(11(6)16)12(17)9-5-10(15-14-9)20(2,18)19/h3-4,16H,5H2,1-2H3. The molecule has 106 valence electrons. The molecule has 0 aliphatic carbocycles. The molecule has 0 fully saturated rings. The number of benzene rings is 1. The Hall–Kier alpha value is -2.09. The predicted molar refractivity (Wildman–Crippen MR) is 71.5 cm³/mol. The Morgan fingerprint density at radius 1 is 1.35 bits per heavy atom. The molecule has 2 rings (SSSR count). The molecule has 1 N–H and O–H groups in total. The van der Waals surface area contributed by atoms with Crippen molar-refractivity contribution in [1.29, 1.82) is 0 Å². The molecule has 0 saturated heterocycles. The number of carbonyl (C=O) groups excluding carboxylic acids is 1. The molecule has 8 heteroatoms. The van der Waals surface area contributed by atoms with Gasteiger partial charge in [0.1, 0.15) is 17.3 Å². The van der Waals surface area contributed by atoms with Gasteiger partial charge in [0.25, 0.3) is 0 Å². The maximum Gasteiger partial charge on any atom is 0.213 e. The number of phenols is 1. The van der Waals surface area contributed by atoms with Crippen molar-refractivity contribution in [3.8, 4) is 5.75 Å². The molecule has 1 heterocycles. The number of aryl methyl sites for hydroxylation is 1. The first-order valence-corrected chi connectivity index (χ1v) is 7.46. The number of phenolic OH excluding ortho intramolecular Hbond substituents is 1. The molecule has 1 aliphatic rings. The second-order valence-electron chi connectivity index (χ2n) is 4.44. The van der Waals surface area contributed by atoms with E-state index in [1.54, 1.807) is 0 Å². The van der Waals surface area contributed by atoms with Crippen molar-refractivity contribution >= 4 is 26.4 Å². The van der Waals surface area contributed by atoms with Gasteiger partial charge in [0.15, 0.2) is 14.9 Å². The van der Waals surface area contributed by atoms with Gasteiger partial charge in [-0.2, -0.15) is 5.10 Å². The lowest BCUT2D eigenvalue weighted by Crippen LogP contribution is -2.19. The summed E-state index contributed by atoms with van der Waals surface area (Å²) in [5, 5.41) is 16.5. The third kappa shape index (κ3) is 2.60. The number of hydrogen-bond acceptors (Lipinski definition) is 6. The van der Waals surface area contributed by atoms with Gasteiger partial charge in [-0.25, -0.2) is 12.8 Å². The molecule has 0 radical (unpaired) electrons. The van der Waals surface area contributed by atoms with Gasteiger partial charge in [0.2, 0.25) is 5.78 Å². The molecule has 1 aliphatic heterocycles. The molecular formula is C12H11FN2O4S. The van der Waals surface area contributed by atoms with Gasteiger partial charge in [-0.1, -0.05) is 0 Å². The highest BCUT2D eigenvalue weighted by Gasteiger charge is 2.28. The first kappa shape index (κ1) is 14.3. The number of nitrogens with zero attached hydrogens (tertiary/aromatic N) is 2. The van der Waals surface area contributed by atoms with Crippen LogP contribution in [0.5, 0.6) is 5.75 Å². The topological polar surface area (TPSA) is 96.2 Å². The van der Waals surface area contributed by atoms with E-state index in [1.807, 2.05) is 0 Å². The molecule has 0 spiro atoms. The normalized spacial score (nSPS) is 14.9. The Balaban J connectivity index is 2.33. The van der Waals surface area contributed by atoms with Crippen molar-refractivity contribution in [2.75, 3.05) is 6.26 Å². The molecule has 1 aromatic carbocycles. The number of halogens is 1. The number of carbonyl (C=O) groups is 1. The summed E-state index contributed by atoms with van der Waals surface area (Å²) >= 11 is 0. The lowest BCUT2D eigenvalue weighted by molar-refractivity contribution is 0.106. The van der Waals surface area contributed by atoms with Gasteiger partial charge in [0.05, 0.1) is 12.0 Å². The fraction of sp³-hybridized carbons (Fsp3) is 0.250. The fourth-order valence-electron chi connectivity index (χ4n) is 1.73. The van der Waals surface area contributed by atoms with E-state index in [4.69, 9.17) is 0 Å². The molecule has 0 aromatic heterocycles. The second-order valence-corrected chi connectivity index (χ2v) is 6.45. The molecule has 20 heavy (non-hydrogen) atoms. The Morgan fingerprint density at radius 2 is 2.00 bits per heavy atom. The first-order valence-electron chi connectivity index (χ1n) is 5.57. The smallest absolute Gasteiger partial charge is 0.213 e. The minimum atomic E-state index is -3.53. The van der Waals surface area contributed by atoms with Crippen molar-refractivity contribution in [2.24, 2.45) is 10.2 Å². The van der Waals surface area contributed by atoms with Crippen LogP contribution in [0.25, 0.3) is 0 Å². The minimum absolute atomic E-state index is 0.147. The van der Waals surface area contributed by atoms with E-state index in [0.29, 0.717) is 0 Å². The fourth-order valence-corrected chi connectivity index (χ4v) is 2.31. The van der Waals surface area contributed by atoms with Crippen LogP contribution >= 0.6 is 0 Å². The zero-order valence-corrected chi connectivity index (χ0v) is 11.5. The zero-order chi connectivity index (χ0) is 15.1. The monoisotopic (exact) mass is 298 g/mol. The number of aromatic hydroxyl groups is 1. The van der Waals surface area contributed by atoms with Crippen LogP contribution in [0.3, 0.4) is 0 Å². The van der Waals surface area contributed by atoms with E-state index in [2.05, 4.69) is 10.2 Å². The molecule has 1 aromatic rings. The van der Waals surface area contributed by atoms with Crippen LogP contribution in [0.15, 0.2) is 22.3 Å². The molecule has 6 nitrogen and oxygen atoms in total. The van der Waals surface area contributed by atoms with Gasteiger partial charge >= 0.3 is 0 Å². The highest BCUT2D eigenvalue weighted by molar-refractivity contribution is 8.05. The van der Waals surface area contributed by atoms with E-state index in [-0.39, 0.29) is 34.1 Å². The van der Waals surface area contributed by atoms with Crippen LogP contribution < -0.4 is 0 Å². The van der Waals surface area contributed by atoms with Crippen molar-refractivity contribution in [2.45, 2.75) is 13.3 Å². The van der Waals surface area contributed by atoms with E-state index >= 15 is 0 Å². The summed E-state index contributed by atoms with van der Waals surface area (Å²) in [5.74, 6) is -1.77. The van der Waals surface area contributed by atoms with Crippen molar-refractivity contribution in [3.63, 3.8) is 0 Å². The second kappa shape index (κ2) is 4.78. The molecule has 0 amide bonds. The van der Waals surface area contributed by atoms with Gasteiger partial charge in [0, 0.05) is 6.26 Å². The van der Waals surface area contributed by atoms with Crippen molar-refractivity contribution in [3.05, 3.63) is 29.1 Å². The lowest BCUT2D eigenvalue weighted by Gasteiger charge is -2.06. The molecular weight excluding hydrogens is 287 g/mol. The minimum Gasteiger partial charge on any atom is -0.507 e. The first-order chi connectivity index (χ1) is 9.20. The van der Waals surface area contributed by atoms with E-state index in [0.717, 1.165) is 18.4 Å². The Labute approximate surface area is 114 Å². The van der Waals surface area contributed by atoms with Crippen LogP contribution in [0, 0.1) is 12.7 Å².